The molecule has 7 nitrogen and oxygen atoms in total. The fourth-order valence-corrected chi connectivity index (χ4v) is 4.46. The second-order valence-corrected chi connectivity index (χ2v) is 8.75. The van der Waals surface area contributed by atoms with Gasteiger partial charge < -0.3 is 21.3 Å². The first-order chi connectivity index (χ1) is 14.0. The lowest BCUT2D eigenvalue weighted by atomic mass is 9.90. The standard InChI is InChI=1S/C20H24N6OS2/c1-26-9-14(6-12-2-3-12)18(23-8-13-4-5-22-15(21)7-13)17(20(26)27)19(28)25-16-10-29-11-24-16/h4-5,7,10-12,14,23H,2-3,6,8-9H2,1H3,(H2,21,22)(H,25,28). The lowest BCUT2D eigenvalue weighted by Crippen LogP contribution is -2.45. The summed E-state index contributed by atoms with van der Waals surface area (Å²) in [6.45, 7) is 1.25. The quantitative estimate of drug-likeness (QED) is 0.584. The number of carbonyl (C=O) groups is 1. The zero-order chi connectivity index (χ0) is 20.4. The summed E-state index contributed by atoms with van der Waals surface area (Å²) in [6.07, 6.45) is 5.27. The normalized spacial score (nSPS) is 19.4. The number of anilines is 2. The van der Waals surface area contributed by atoms with Gasteiger partial charge in [-0.2, -0.15) is 0 Å². The van der Waals surface area contributed by atoms with Gasteiger partial charge >= 0.3 is 0 Å². The molecule has 0 radical (unpaired) electrons. The molecule has 1 amide bonds. The van der Waals surface area contributed by atoms with Gasteiger partial charge in [-0.25, -0.2) is 9.97 Å². The minimum Gasteiger partial charge on any atom is -0.384 e. The first-order valence-corrected chi connectivity index (χ1v) is 11.0. The number of aromatic nitrogens is 2. The van der Waals surface area contributed by atoms with Gasteiger partial charge in [0.1, 0.15) is 16.6 Å². The molecule has 152 valence electrons. The van der Waals surface area contributed by atoms with Crippen LogP contribution in [0.25, 0.3) is 0 Å². The van der Waals surface area contributed by atoms with Crippen LogP contribution in [0.2, 0.25) is 0 Å². The van der Waals surface area contributed by atoms with E-state index in [1.807, 2.05) is 24.6 Å². The van der Waals surface area contributed by atoms with E-state index in [1.54, 1.807) is 16.6 Å². The van der Waals surface area contributed by atoms with Crippen molar-refractivity contribution in [1.29, 1.82) is 0 Å². The first kappa shape index (κ1) is 19.8. The molecule has 0 saturated heterocycles. The van der Waals surface area contributed by atoms with Crippen LogP contribution in [0.5, 0.6) is 0 Å². The molecular weight excluding hydrogens is 404 g/mol. The van der Waals surface area contributed by atoms with Crippen LogP contribution in [0.4, 0.5) is 11.6 Å². The van der Waals surface area contributed by atoms with Crippen molar-refractivity contribution in [2.45, 2.75) is 25.8 Å². The van der Waals surface area contributed by atoms with Crippen LogP contribution in [0.3, 0.4) is 0 Å². The van der Waals surface area contributed by atoms with E-state index in [9.17, 15) is 4.79 Å². The number of rotatable bonds is 7. The highest BCUT2D eigenvalue weighted by atomic mass is 32.1. The highest BCUT2D eigenvalue weighted by Crippen LogP contribution is 2.39. The third kappa shape index (κ3) is 4.73. The van der Waals surface area contributed by atoms with Crippen molar-refractivity contribution >= 4 is 46.1 Å². The fraction of sp³-hybridized carbons (Fsp3) is 0.400. The molecule has 1 aliphatic carbocycles. The Balaban J connectivity index is 1.64. The van der Waals surface area contributed by atoms with Crippen LogP contribution in [-0.4, -0.2) is 39.4 Å². The molecule has 0 aromatic carbocycles. The van der Waals surface area contributed by atoms with Crippen LogP contribution < -0.4 is 16.4 Å². The summed E-state index contributed by atoms with van der Waals surface area (Å²) < 4.78 is 0. The van der Waals surface area contributed by atoms with Crippen molar-refractivity contribution in [2.75, 3.05) is 24.6 Å². The first-order valence-electron chi connectivity index (χ1n) is 9.64. The molecule has 2 aromatic rings. The largest absolute Gasteiger partial charge is 0.384 e. The number of thiazole rings is 1. The van der Waals surface area contributed by atoms with Crippen molar-refractivity contribution in [1.82, 2.24) is 20.2 Å². The Morgan fingerprint density at radius 1 is 1.41 bits per heavy atom. The van der Waals surface area contributed by atoms with E-state index in [0.717, 1.165) is 23.6 Å². The number of hydrogen-bond acceptors (Lipinski definition) is 7. The van der Waals surface area contributed by atoms with Gasteiger partial charge in [0.2, 0.25) is 0 Å². The third-order valence-electron chi connectivity index (χ3n) is 5.28. The van der Waals surface area contributed by atoms with Gasteiger partial charge in [-0.15, -0.1) is 11.3 Å². The average molecular weight is 429 g/mol. The topological polar surface area (TPSA) is 96.2 Å². The number of thiocarbonyl (C=S) groups is 1. The average Bonchev–Trinajstić information content (AvgIpc) is 3.36. The number of nitrogens with zero attached hydrogens (tertiary/aromatic N) is 3. The van der Waals surface area contributed by atoms with Gasteiger partial charge in [0, 0.05) is 43.3 Å². The predicted molar refractivity (Wildman–Crippen MR) is 119 cm³/mol. The van der Waals surface area contributed by atoms with Gasteiger partial charge in [0.05, 0.1) is 11.1 Å². The number of nitrogens with one attached hydrogen (secondary N) is 2. The molecule has 1 atom stereocenters. The molecule has 4 N–H and O–H groups in total. The molecule has 4 rings (SSSR count). The summed E-state index contributed by atoms with van der Waals surface area (Å²) >= 11 is 7.12. The zero-order valence-corrected chi connectivity index (χ0v) is 17.9. The Morgan fingerprint density at radius 3 is 2.93 bits per heavy atom. The molecule has 29 heavy (non-hydrogen) atoms. The molecule has 2 aromatic heterocycles. The molecule has 0 spiro atoms. The highest BCUT2D eigenvalue weighted by Gasteiger charge is 2.37. The summed E-state index contributed by atoms with van der Waals surface area (Å²) in [4.78, 5) is 23.5. The van der Waals surface area contributed by atoms with Crippen LogP contribution in [0, 0.1) is 11.8 Å². The van der Waals surface area contributed by atoms with Gasteiger partial charge in [0.25, 0.3) is 5.91 Å². The Labute approximate surface area is 179 Å². The number of pyridine rings is 1. The minimum absolute atomic E-state index is 0.0680. The molecule has 1 unspecified atom stereocenters. The molecule has 3 heterocycles. The maximum Gasteiger partial charge on any atom is 0.258 e. The molecular formula is C20H24N6OS2. The summed E-state index contributed by atoms with van der Waals surface area (Å²) in [5.74, 6) is 2.04. The van der Waals surface area contributed by atoms with Crippen molar-refractivity contribution in [2.24, 2.45) is 11.8 Å². The van der Waals surface area contributed by atoms with Crippen LogP contribution in [0.1, 0.15) is 24.8 Å². The Hall–Kier alpha value is -2.52. The monoisotopic (exact) mass is 428 g/mol. The van der Waals surface area contributed by atoms with Crippen LogP contribution >= 0.6 is 23.6 Å². The lowest BCUT2D eigenvalue weighted by Gasteiger charge is -2.35. The molecule has 1 saturated carbocycles. The highest BCUT2D eigenvalue weighted by molar-refractivity contribution is 7.81. The van der Waals surface area contributed by atoms with Crippen LogP contribution in [-0.2, 0) is 11.3 Å². The van der Waals surface area contributed by atoms with E-state index in [0.29, 0.717) is 35.3 Å². The Kier molecular flexibility index (Phi) is 5.77. The van der Waals surface area contributed by atoms with Gasteiger partial charge in [-0.05, 0) is 30.0 Å². The summed E-state index contributed by atoms with van der Waals surface area (Å²) in [5, 5.41) is 8.51. The molecule has 1 fully saturated rings. The van der Waals surface area contributed by atoms with Gasteiger partial charge in [-0.3, -0.25) is 4.79 Å². The van der Waals surface area contributed by atoms with E-state index in [1.165, 1.54) is 24.2 Å². The second-order valence-electron chi connectivity index (χ2n) is 7.62. The lowest BCUT2D eigenvalue weighted by molar-refractivity contribution is -0.126. The Bertz CT molecular complexity index is 938. The van der Waals surface area contributed by atoms with E-state index in [-0.39, 0.29) is 11.8 Å². The SMILES string of the molecule is CN1CC(CC2CC2)C(NCc2ccnc(N)c2)=C(C(=S)Nc2cscn2)C1=O. The van der Waals surface area contributed by atoms with Gasteiger partial charge in [0.15, 0.2) is 0 Å². The number of hydrogen-bond donors (Lipinski definition) is 3. The predicted octanol–water partition coefficient (Wildman–Crippen LogP) is 2.79. The van der Waals surface area contributed by atoms with Crippen LogP contribution in [0.15, 0.2) is 40.5 Å². The minimum atomic E-state index is -0.0680. The van der Waals surface area contributed by atoms with Crippen molar-refractivity contribution in [3.8, 4) is 0 Å². The summed E-state index contributed by atoms with van der Waals surface area (Å²) in [5.41, 5.74) is 10.0. The van der Waals surface area contributed by atoms with Gasteiger partial charge in [-0.1, -0.05) is 25.1 Å². The van der Waals surface area contributed by atoms with E-state index < -0.39 is 0 Å². The second kappa shape index (κ2) is 8.46. The van der Waals surface area contributed by atoms with E-state index in [4.69, 9.17) is 18.0 Å². The third-order valence-corrected chi connectivity index (χ3v) is 6.17. The number of likely N-dealkylation sites (N-methyl/N-ethyl adjacent to an activating group) is 1. The van der Waals surface area contributed by atoms with Crippen molar-refractivity contribution in [3.63, 3.8) is 0 Å². The smallest absolute Gasteiger partial charge is 0.258 e. The summed E-state index contributed by atoms with van der Waals surface area (Å²) in [6, 6.07) is 3.76. The molecule has 1 aliphatic heterocycles. The molecule has 9 heteroatoms. The maximum absolute atomic E-state index is 13.1. The molecule has 0 bridgehead atoms. The van der Waals surface area contributed by atoms with Crippen molar-refractivity contribution < 1.29 is 4.79 Å². The number of carbonyl (C=O) groups excluding carboxylic acids is 1. The summed E-state index contributed by atoms with van der Waals surface area (Å²) in [7, 11) is 1.84. The molecule has 2 aliphatic rings. The zero-order valence-electron chi connectivity index (χ0n) is 16.2. The number of nitrogen functional groups attached to an aromatic ring is 1. The number of nitrogens with two attached hydrogens (primary N) is 1. The van der Waals surface area contributed by atoms with E-state index in [2.05, 4.69) is 20.6 Å². The van der Waals surface area contributed by atoms with E-state index >= 15 is 0 Å². The maximum atomic E-state index is 13.1. The van der Waals surface area contributed by atoms with Crippen molar-refractivity contribution in [3.05, 3.63) is 46.1 Å². The fourth-order valence-electron chi connectivity index (χ4n) is 3.67. The Morgan fingerprint density at radius 2 is 2.24 bits per heavy atom. The number of amides is 1.